The summed E-state index contributed by atoms with van der Waals surface area (Å²) in [4.78, 5) is 15.5. The van der Waals surface area contributed by atoms with Gasteiger partial charge in [0.25, 0.3) is 15.9 Å². The normalized spacial score (nSPS) is 23.0. The smallest absolute Gasteiger partial charge is 0.287 e. The second-order valence-electron chi connectivity index (χ2n) is 10.4. The van der Waals surface area contributed by atoms with Crippen LogP contribution in [0.25, 0.3) is 0 Å². The van der Waals surface area contributed by atoms with Gasteiger partial charge in [-0.05, 0) is 54.3 Å². The lowest BCUT2D eigenvalue weighted by Gasteiger charge is -2.41. The number of thiophene rings is 1. The van der Waals surface area contributed by atoms with E-state index >= 15 is 0 Å². The summed E-state index contributed by atoms with van der Waals surface area (Å²) < 4.78 is 67.7. The Hall–Kier alpha value is -2.77. The van der Waals surface area contributed by atoms with E-state index in [0.29, 0.717) is 24.0 Å². The highest BCUT2D eigenvalue weighted by Gasteiger charge is 2.45. The standard InChI is InChI=1S/C26H30FN3O6S3/c1-15-12-16(8-9-19(15)27)13-30-20-7-5-3-4-6-18(20)22(31)21(26(30)32)24-28-25-23(39(35,36)29-24)17(14-37-25)10-11-38(2,33)34/h8-9,12,14,18,20,31H,3-7,10-11,13H2,1-2H3,(H,28,29). The zero-order valence-corrected chi connectivity index (χ0v) is 24.1. The van der Waals surface area contributed by atoms with Gasteiger partial charge in [-0.25, -0.2) is 12.8 Å². The molecule has 0 bridgehead atoms. The van der Waals surface area contributed by atoms with E-state index in [9.17, 15) is 31.1 Å². The molecule has 0 radical (unpaired) electrons. The number of carbonyl (C=O) groups is 1. The van der Waals surface area contributed by atoms with Crippen molar-refractivity contribution in [3.05, 3.63) is 57.4 Å². The fourth-order valence-corrected chi connectivity index (χ4v) is 8.87. The second-order valence-corrected chi connectivity index (χ2v) is 15.1. The van der Waals surface area contributed by atoms with Gasteiger partial charge in [0, 0.05) is 24.8 Å². The Kier molecular flexibility index (Phi) is 7.36. The SMILES string of the molecule is Cc1cc(CN2C(=O)C(C3=NS(=O)(=O)c4c(CCS(C)(=O)=O)csc4N3)=C(O)C3CCCCCC32)ccc1F. The van der Waals surface area contributed by atoms with Crippen molar-refractivity contribution in [2.24, 2.45) is 10.3 Å². The molecule has 2 N–H and O–H groups in total. The van der Waals surface area contributed by atoms with Gasteiger partial charge in [-0.1, -0.05) is 31.4 Å². The van der Waals surface area contributed by atoms with Gasteiger partial charge in [0.1, 0.15) is 36.9 Å². The fraction of sp³-hybridized carbons (Fsp3) is 0.462. The average molecular weight is 596 g/mol. The maximum absolute atomic E-state index is 14.0. The summed E-state index contributed by atoms with van der Waals surface area (Å²) in [6, 6.07) is 4.38. The van der Waals surface area contributed by atoms with Crippen LogP contribution < -0.4 is 5.32 Å². The van der Waals surface area contributed by atoms with E-state index in [2.05, 4.69) is 9.71 Å². The summed E-state index contributed by atoms with van der Waals surface area (Å²) in [7, 11) is -7.60. The van der Waals surface area contributed by atoms with Gasteiger partial charge >= 0.3 is 0 Å². The van der Waals surface area contributed by atoms with Gasteiger partial charge in [-0.2, -0.15) is 8.42 Å². The number of benzene rings is 1. The summed E-state index contributed by atoms with van der Waals surface area (Å²) in [6.45, 7) is 1.83. The maximum Gasteiger partial charge on any atom is 0.287 e. The van der Waals surface area contributed by atoms with E-state index in [1.54, 1.807) is 29.3 Å². The first kappa shape index (κ1) is 27.8. The molecular formula is C26H30FN3O6S3. The summed E-state index contributed by atoms with van der Waals surface area (Å²) >= 11 is 1.08. The van der Waals surface area contributed by atoms with Crippen LogP contribution in [0, 0.1) is 18.7 Å². The number of rotatable bonds is 6. The van der Waals surface area contributed by atoms with Gasteiger partial charge in [0.05, 0.1) is 5.75 Å². The Bertz CT molecular complexity index is 1610. The van der Waals surface area contributed by atoms with Crippen molar-refractivity contribution in [1.29, 1.82) is 0 Å². The number of aliphatic hydroxyl groups is 1. The maximum atomic E-state index is 14.0. The summed E-state index contributed by atoms with van der Waals surface area (Å²) in [5, 5.41) is 16.1. The second kappa shape index (κ2) is 10.3. The molecule has 1 fully saturated rings. The highest BCUT2D eigenvalue weighted by atomic mass is 32.2. The number of nitrogens with zero attached hydrogens (tertiary/aromatic N) is 2. The zero-order valence-electron chi connectivity index (χ0n) is 21.6. The van der Waals surface area contributed by atoms with E-state index in [4.69, 9.17) is 0 Å². The third-order valence-electron chi connectivity index (χ3n) is 7.53. The highest BCUT2D eigenvalue weighted by Crippen LogP contribution is 2.42. The summed E-state index contributed by atoms with van der Waals surface area (Å²) in [5.74, 6) is -1.90. The Morgan fingerprint density at radius 1 is 1.23 bits per heavy atom. The molecule has 2 unspecified atom stereocenters. The molecule has 39 heavy (non-hydrogen) atoms. The van der Waals surface area contributed by atoms with Crippen molar-refractivity contribution >= 4 is 47.9 Å². The van der Waals surface area contributed by atoms with Crippen molar-refractivity contribution in [2.75, 3.05) is 17.3 Å². The number of anilines is 1. The van der Waals surface area contributed by atoms with E-state index < -0.39 is 25.8 Å². The first-order valence-corrected chi connectivity index (χ1v) is 17.1. The van der Waals surface area contributed by atoms with Crippen molar-refractivity contribution in [2.45, 2.75) is 62.9 Å². The predicted octanol–water partition coefficient (Wildman–Crippen LogP) is 4.10. The number of fused-ring (bicyclic) bond motifs is 2. The van der Waals surface area contributed by atoms with E-state index in [1.165, 1.54) is 6.07 Å². The van der Waals surface area contributed by atoms with Crippen LogP contribution in [-0.4, -0.2) is 56.6 Å². The fourth-order valence-electron chi connectivity index (χ4n) is 5.61. The summed E-state index contributed by atoms with van der Waals surface area (Å²) in [6.07, 6.45) is 5.11. The molecule has 0 spiro atoms. The lowest BCUT2D eigenvalue weighted by molar-refractivity contribution is -0.132. The van der Waals surface area contributed by atoms with Gasteiger partial charge in [0.2, 0.25) is 0 Å². The van der Waals surface area contributed by atoms with Crippen LogP contribution in [0.5, 0.6) is 0 Å². The Balaban J connectivity index is 1.54. The van der Waals surface area contributed by atoms with Crippen LogP contribution in [0.15, 0.2) is 44.2 Å². The van der Waals surface area contributed by atoms with E-state index in [-0.39, 0.29) is 63.6 Å². The Labute approximate surface area is 231 Å². The number of sulfonamides is 1. The average Bonchev–Trinajstić information content (AvgIpc) is 3.11. The molecule has 13 heteroatoms. The number of aryl methyl sites for hydroxylation is 2. The molecular weight excluding hydrogens is 566 g/mol. The zero-order chi connectivity index (χ0) is 28.1. The molecule has 0 saturated heterocycles. The minimum Gasteiger partial charge on any atom is -0.511 e. The lowest BCUT2D eigenvalue weighted by Crippen LogP contribution is -2.51. The molecule has 1 aromatic heterocycles. The van der Waals surface area contributed by atoms with Crippen LogP contribution in [0.2, 0.25) is 0 Å². The summed E-state index contributed by atoms with van der Waals surface area (Å²) in [5.41, 5.74) is 1.33. The predicted molar refractivity (Wildman–Crippen MR) is 148 cm³/mol. The number of hydrogen-bond acceptors (Lipinski definition) is 8. The molecule has 1 aliphatic carbocycles. The number of sulfone groups is 1. The van der Waals surface area contributed by atoms with Crippen molar-refractivity contribution in [3.8, 4) is 0 Å². The molecule has 1 aromatic carbocycles. The van der Waals surface area contributed by atoms with Gasteiger partial charge in [-0.15, -0.1) is 15.7 Å². The van der Waals surface area contributed by atoms with Crippen LogP contribution in [0.1, 0.15) is 48.8 Å². The van der Waals surface area contributed by atoms with Crippen LogP contribution in [0.3, 0.4) is 0 Å². The van der Waals surface area contributed by atoms with E-state index in [1.807, 2.05) is 0 Å². The molecule has 1 saturated carbocycles. The lowest BCUT2D eigenvalue weighted by atomic mass is 9.84. The highest BCUT2D eigenvalue weighted by molar-refractivity contribution is 7.91. The molecule has 210 valence electrons. The first-order valence-electron chi connectivity index (χ1n) is 12.8. The number of carbonyl (C=O) groups excluding carboxylic acids is 1. The molecule has 9 nitrogen and oxygen atoms in total. The number of amides is 1. The van der Waals surface area contributed by atoms with Gasteiger partial charge in [-0.3, -0.25) is 4.79 Å². The number of hydrogen-bond donors (Lipinski definition) is 2. The number of nitrogens with one attached hydrogen (secondary N) is 1. The van der Waals surface area contributed by atoms with E-state index in [0.717, 1.165) is 42.4 Å². The topological polar surface area (TPSA) is 133 Å². The Morgan fingerprint density at radius 3 is 2.69 bits per heavy atom. The van der Waals surface area contributed by atoms with Crippen LogP contribution in [0.4, 0.5) is 9.39 Å². The minimum absolute atomic E-state index is 0.0118. The van der Waals surface area contributed by atoms with Crippen LogP contribution in [-0.2, 0) is 37.6 Å². The third kappa shape index (κ3) is 5.48. The minimum atomic E-state index is -4.28. The molecule has 2 aromatic rings. The quantitative estimate of drug-likeness (QED) is 0.514. The molecule has 2 atom stereocenters. The number of halogens is 1. The van der Waals surface area contributed by atoms with Gasteiger partial charge < -0.3 is 15.3 Å². The molecule has 2 aliphatic heterocycles. The van der Waals surface area contributed by atoms with Crippen molar-refractivity contribution in [1.82, 2.24) is 4.90 Å². The molecule has 3 aliphatic rings. The molecule has 5 rings (SSSR count). The Morgan fingerprint density at radius 2 is 1.97 bits per heavy atom. The van der Waals surface area contributed by atoms with Crippen molar-refractivity contribution < 1.29 is 31.1 Å². The number of aliphatic hydroxyl groups excluding tert-OH is 1. The number of amidine groups is 1. The van der Waals surface area contributed by atoms with Crippen LogP contribution >= 0.6 is 11.3 Å². The van der Waals surface area contributed by atoms with Gasteiger partial charge in [0.15, 0.2) is 5.84 Å². The largest absolute Gasteiger partial charge is 0.511 e. The first-order chi connectivity index (χ1) is 18.4. The third-order valence-corrected chi connectivity index (χ3v) is 11.0. The molecule has 3 heterocycles. The van der Waals surface area contributed by atoms with Crippen molar-refractivity contribution in [3.63, 3.8) is 0 Å². The monoisotopic (exact) mass is 595 g/mol. The molecule has 1 amide bonds.